The lowest BCUT2D eigenvalue weighted by Crippen LogP contribution is -2.41. The van der Waals surface area contributed by atoms with E-state index in [4.69, 9.17) is 0 Å². The van der Waals surface area contributed by atoms with Gasteiger partial charge in [-0.25, -0.2) is 4.79 Å². The molecule has 0 saturated heterocycles. The van der Waals surface area contributed by atoms with E-state index in [-0.39, 0.29) is 11.4 Å². The van der Waals surface area contributed by atoms with Crippen LogP contribution in [0.4, 0.5) is 10.5 Å². The predicted molar refractivity (Wildman–Crippen MR) is 81.5 cm³/mol. The molecule has 0 aliphatic heterocycles. The summed E-state index contributed by atoms with van der Waals surface area (Å²) in [7, 11) is 0. The van der Waals surface area contributed by atoms with Crippen molar-refractivity contribution in [2.75, 3.05) is 18.4 Å². The number of nitrogens with one attached hydrogen (secondary N) is 1. The molecule has 1 aromatic rings. The second kappa shape index (κ2) is 6.60. The minimum atomic E-state index is -0.00826. The Morgan fingerprint density at radius 3 is 2.42 bits per heavy atom. The number of aryl methyl sites for hydroxylation is 1. The molecule has 0 aliphatic rings. The number of rotatable bonds is 4. The highest BCUT2D eigenvalue weighted by atomic mass is 16.2. The monoisotopic (exact) mass is 262 g/mol. The Bertz CT molecular complexity index is 421. The molecule has 0 atom stereocenters. The van der Waals surface area contributed by atoms with E-state index in [2.05, 4.69) is 33.0 Å². The predicted octanol–water partition coefficient (Wildman–Crippen LogP) is 4.29. The molecule has 0 bridgehead atoms. The molecule has 0 fully saturated rings. The Balaban J connectivity index is 2.75. The van der Waals surface area contributed by atoms with Gasteiger partial charge in [-0.1, -0.05) is 45.9 Å². The first-order chi connectivity index (χ1) is 8.83. The molecule has 0 saturated carbocycles. The van der Waals surface area contributed by atoms with E-state index < -0.39 is 0 Å². The maximum atomic E-state index is 12.3. The number of anilines is 1. The van der Waals surface area contributed by atoms with E-state index >= 15 is 0 Å². The molecule has 106 valence electrons. The van der Waals surface area contributed by atoms with Gasteiger partial charge in [-0.05, 0) is 30.4 Å². The lowest BCUT2D eigenvalue weighted by Gasteiger charge is -2.30. The highest BCUT2D eigenvalue weighted by molar-refractivity contribution is 5.90. The summed E-state index contributed by atoms with van der Waals surface area (Å²) in [4.78, 5) is 14.2. The van der Waals surface area contributed by atoms with E-state index in [0.29, 0.717) is 0 Å². The maximum absolute atomic E-state index is 12.3. The fourth-order valence-electron chi connectivity index (χ4n) is 2.00. The van der Waals surface area contributed by atoms with Gasteiger partial charge in [0.2, 0.25) is 0 Å². The lowest BCUT2D eigenvalue weighted by molar-refractivity contribution is 0.185. The van der Waals surface area contributed by atoms with E-state index in [1.807, 2.05) is 36.1 Å². The summed E-state index contributed by atoms with van der Waals surface area (Å²) >= 11 is 0. The standard InChI is InChI=1S/C16H26N2O/c1-6-11-18(12-16(3,4)5)15(19)17-14-10-8-7-9-13(14)2/h7-10H,6,11-12H2,1-5H3,(H,17,19). The zero-order chi connectivity index (χ0) is 14.5. The lowest BCUT2D eigenvalue weighted by atomic mass is 9.96. The van der Waals surface area contributed by atoms with E-state index in [1.54, 1.807) is 0 Å². The zero-order valence-corrected chi connectivity index (χ0v) is 12.8. The van der Waals surface area contributed by atoms with Crippen LogP contribution in [0.25, 0.3) is 0 Å². The number of urea groups is 1. The van der Waals surface area contributed by atoms with Gasteiger partial charge in [-0.3, -0.25) is 0 Å². The molecule has 0 radical (unpaired) electrons. The van der Waals surface area contributed by atoms with Crippen molar-refractivity contribution in [1.82, 2.24) is 4.90 Å². The average Bonchev–Trinajstić information content (AvgIpc) is 2.30. The van der Waals surface area contributed by atoms with Crippen LogP contribution in [0.15, 0.2) is 24.3 Å². The highest BCUT2D eigenvalue weighted by Gasteiger charge is 2.20. The quantitative estimate of drug-likeness (QED) is 0.862. The smallest absolute Gasteiger partial charge is 0.321 e. The van der Waals surface area contributed by atoms with Crippen molar-refractivity contribution in [1.29, 1.82) is 0 Å². The molecule has 2 amide bonds. The van der Waals surface area contributed by atoms with Crippen LogP contribution in [-0.2, 0) is 0 Å². The van der Waals surface area contributed by atoms with Crippen molar-refractivity contribution < 1.29 is 4.79 Å². The molecule has 1 aromatic carbocycles. The topological polar surface area (TPSA) is 32.3 Å². The number of hydrogen-bond donors (Lipinski definition) is 1. The van der Waals surface area contributed by atoms with Crippen molar-refractivity contribution in [2.24, 2.45) is 5.41 Å². The molecule has 0 spiro atoms. The first-order valence-corrected chi connectivity index (χ1v) is 6.95. The minimum Gasteiger partial charge on any atom is -0.324 e. The summed E-state index contributed by atoms with van der Waals surface area (Å²) in [6.45, 7) is 12.1. The first kappa shape index (κ1) is 15.5. The van der Waals surface area contributed by atoms with Gasteiger partial charge < -0.3 is 10.2 Å². The van der Waals surface area contributed by atoms with Crippen molar-refractivity contribution in [3.05, 3.63) is 29.8 Å². The molecule has 19 heavy (non-hydrogen) atoms. The van der Waals surface area contributed by atoms with E-state index in [9.17, 15) is 4.79 Å². The minimum absolute atomic E-state index is 0.00826. The van der Waals surface area contributed by atoms with Crippen LogP contribution < -0.4 is 5.32 Å². The summed E-state index contributed by atoms with van der Waals surface area (Å²) in [5.41, 5.74) is 2.09. The van der Waals surface area contributed by atoms with Gasteiger partial charge in [0.1, 0.15) is 0 Å². The molecule has 0 unspecified atom stereocenters. The van der Waals surface area contributed by atoms with Gasteiger partial charge in [-0.15, -0.1) is 0 Å². The Kier molecular flexibility index (Phi) is 5.40. The van der Waals surface area contributed by atoms with Crippen LogP contribution in [0.1, 0.15) is 39.7 Å². The normalized spacial score (nSPS) is 11.2. The van der Waals surface area contributed by atoms with Gasteiger partial charge in [0.15, 0.2) is 0 Å². The maximum Gasteiger partial charge on any atom is 0.321 e. The molecular weight excluding hydrogens is 236 g/mol. The Morgan fingerprint density at radius 1 is 1.26 bits per heavy atom. The van der Waals surface area contributed by atoms with Gasteiger partial charge in [0.25, 0.3) is 0 Å². The first-order valence-electron chi connectivity index (χ1n) is 6.95. The Labute approximate surface area is 117 Å². The summed E-state index contributed by atoms with van der Waals surface area (Å²) in [5.74, 6) is 0. The highest BCUT2D eigenvalue weighted by Crippen LogP contribution is 2.18. The molecule has 1 rings (SSSR count). The van der Waals surface area contributed by atoms with Crippen LogP contribution in [0.2, 0.25) is 0 Å². The molecule has 0 heterocycles. The van der Waals surface area contributed by atoms with Gasteiger partial charge in [0.05, 0.1) is 0 Å². The second-order valence-corrected chi connectivity index (χ2v) is 6.23. The number of amides is 2. The summed E-state index contributed by atoms with van der Waals surface area (Å²) in [6.07, 6.45) is 0.970. The van der Waals surface area contributed by atoms with Crippen molar-refractivity contribution in [3.63, 3.8) is 0 Å². The molecule has 3 nitrogen and oxygen atoms in total. The van der Waals surface area contributed by atoms with Gasteiger partial charge >= 0.3 is 6.03 Å². The van der Waals surface area contributed by atoms with E-state index in [1.165, 1.54) is 0 Å². The largest absolute Gasteiger partial charge is 0.324 e. The van der Waals surface area contributed by atoms with Gasteiger partial charge in [0, 0.05) is 18.8 Å². The molecule has 3 heteroatoms. The van der Waals surface area contributed by atoms with E-state index in [0.717, 1.165) is 30.8 Å². The Hall–Kier alpha value is -1.51. The second-order valence-electron chi connectivity index (χ2n) is 6.23. The third-order valence-corrected chi connectivity index (χ3v) is 2.83. The number of hydrogen-bond acceptors (Lipinski definition) is 1. The molecular formula is C16H26N2O. The third-order valence-electron chi connectivity index (χ3n) is 2.83. The third kappa shape index (κ3) is 5.33. The zero-order valence-electron chi connectivity index (χ0n) is 12.8. The van der Waals surface area contributed by atoms with Crippen molar-refractivity contribution >= 4 is 11.7 Å². The van der Waals surface area contributed by atoms with Crippen LogP contribution in [0, 0.1) is 12.3 Å². The van der Waals surface area contributed by atoms with Crippen molar-refractivity contribution in [2.45, 2.75) is 41.0 Å². The van der Waals surface area contributed by atoms with Crippen LogP contribution >= 0.6 is 0 Å². The SMILES string of the molecule is CCCN(CC(C)(C)C)C(=O)Nc1ccccc1C. The summed E-state index contributed by atoms with van der Waals surface area (Å²) in [6, 6.07) is 7.85. The molecule has 1 N–H and O–H groups in total. The van der Waals surface area contributed by atoms with Crippen molar-refractivity contribution in [3.8, 4) is 0 Å². The van der Waals surface area contributed by atoms with Crippen LogP contribution in [0.5, 0.6) is 0 Å². The number of carbonyl (C=O) groups excluding carboxylic acids is 1. The Morgan fingerprint density at radius 2 is 1.89 bits per heavy atom. The number of benzene rings is 1. The molecule has 0 aliphatic carbocycles. The fourth-order valence-corrected chi connectivity index (χ4v) is 2.00. The fraction of sp³-hybridized carbons (Fsp3) is 0.562. The summed E-state index contributed by atoms with van der Waals surface area (Å²) < 4.78 is 0. The van der Waals surface area contributed by atoms with Crippen LogP contribution in [-0.4, -0.2) is 24.0 Å². The number of para-hydroxylation sites is 1. The number of nitrogens with zero attached hydrogens (tertiary/aromatic N) is 1. The average molecular weight is 262 g/mol. The molecule has 0 aromatic heterocycles. The summed E-state index contributed by atoms with van der Waals surface area (Å²) in [5, 5.41) is 3.00. The van der Waals surface area contributed by atoms with Gasteiger partial charge in [-0.2, -0.15) is 0 Å². The van der Waals surface area contributed by atoms with Crippen LogP contribution in [0.3, 0.4) is 0 Å². The number of carbonyl (C=O) groups is 1.